The second-order valence-corrected chi connectivity index (χ2v) is 13.3. The summed E-state index contributed by atoms with van der Waals surface area (Å²) in [6.45, 7) is 10.9. The summed E-state index contributed by atoms with van der Waals surface area (Å²) < 4.78 is 0. The zero-order valence-electron chi connectivity index (χ0n) is 26.8. The van der Waals surface area contributed by atoms with Crippen molar-refractivity contribution in [3.8, 4) is 0 Å². The van der Waals surface area contributed by atoms with Crippen molar-refractivity contribution in [2.75, 3.05) is 12.0 Å². The lowest BCUT2D eigenvalue weighted by atomic mass is 9.85. The molecule has 0 saturated heterocycles. The number of aliphatic carboxylic acids is 1. The minimum absolute atomic E-state index is 0.0306. The van der Waals surface area contributed by atoms with Crippen LogP contribution in [0.25, 0.3) is 0 Å². The van der Waals surface area contributed by atoms with E-state index in [0.29, 0.717) is 18.5 Å². The van der Waals surface area contributed by atoms with Crippen LogP contribution in [0.1, 0.15) is 65.0 Å². The van der Waals surface area contributed by atoms with Gasteiger partial charge in [-0.3, -0.25) is 24.0 Å². The minimum Gasteiger partial charge on any atom is -0.481 e. The number of hydrogen-bond acceptors (Lipinski definition) is 8. The number of rotatable bonds is 18. The van der Waals surface area contributed by atoms with Crippen molar-refractivity contribution < 1.29 is 33.9 Å². The Kier molecular flexibility index (Phi) is 16.1. The summed E-state index contributed by atoms with van der Waals surface area (Å²) in [6, 6.07) is 2.26. The van der Waals surface area contributed by atoms with Gasteiger partial charge in [0.05, 0.1) is 12.1 Å². The van der Waals surface area contributed by atoms with Gasteiger partial charge in [0, 0.05) is 18.6 Å². The Morgan fingerprint density at radius 3 is 2.05 bits per heavy atom. The first-order valence-corrected chi connectivity index (χ1v) is 16.1. The maximum atomic E-state index is 13.7. The van der Waals surface area contributed by atoms with Gasteiger partial charge in [0.15, 0.2) is 0 Å². The molecule has 0 heterocycles. The van der Waals surface area contributed by atoms with Crippen LogP contribution in [-0.4, -0.2) is 83.2 Å². The van der Waals surface area contributed by atoms with Crippen molar-refractivity contribution in [3.63, 3.8) is 0 Å². The van der Waals surface area contributed by atoms with Crippen LogP contribution in [0.15, 0.2) is 24.3 Å². The number of aryl methyl sites for hydroxylation is 1. The highest BCUT2D eigenvalue weighted by Gasteiger charge is 2.37. The van der Waals surface area contributed by atoms with Crippen LogP contribution < -0.4 is 27.0 Å². The number of aldehydes is 1. The summed E-state index contributed by atoms with van der Waals surface area (Å²) >= 11 is 1.40. The summed E-state index contributed by atoms with van der Waals surface area (Å²) in [4.78, 5) is 75.8. The maximum absolute atomic E-state index is 13.7. The van der Waals surface area contributed by atoms with E-state index < -0.39 is 65.2 Å². The summed E-state index contributed by atoms with van der Waals surface area (Å²) in [6.07, 6.45) is 2.42. The molecule has 0 aliphatic heterocycles. The van der Waals surface area contributed by atoms with Crippen molar-refractivity contribution in [2.45, 2.75) is 97.4 Å². The third-order valence-corrected chi connectivity index (χ3v) is 7.61. The van der Waals surface area contributed by atoms with E-state index in [1.165, 1.54) is 11.8 Å². The predicted molar refractivity (Wildman–Crippen MR) is 171 cm³/mol. The van der Waals surface area contributed by atoms with E-state index in [-0.39, 0.29) is 25.2 Å². The Hall–Kier alpha value is -3.45. The van der Waals surface area contributed by atoms with Gasteiger partial charge in [-0.25, -0.2) is 0 Å². The van der Waals surface area contributed by atoms with Gasteiger partial charge in [-0.1, -0.05) is 58.9 Å². The van der Waals surface area contributed by atoms with Crippen molar-refractivity contribution in [3.05, 3.63) is 35.4 Å². The first-order valence-electron chi connectivity index (χ1n) is 14.7. The lowest BCUT2D eigenvalue weighted by molar-refractivity contribution is -0.137. The number of thioether (sulfide) groups is 1. The standard InChI is InChI=1S/C31H49N5O7S/c1-18(2)14-23(28(41)33-21(16-37)17-44-7)35-30(43)26(31(4,5)6)36-29(42)24(15-20-11-9-8-10-19(20)3)34-27(40)22(32)12-13-25(38)39/h8-11,16,18,21-24,26H,12-15,17,32H2,1-7H3,(H,33,41)(H,34,40)(H,35,43)(H,36,42)(H,38,39)/t21?,22-,23-,24-,26+/m0/s1. The van der Waals surface area contributed by atoms with Gasteiger partial charge in [-0.05, 0) is 48.5 Å². The van der Waals surface area contributed by atoms with Crippen LogP contribution in [0.2, 0.25) is 0 Å². The summed E-state index contributed by atoms with van der Waals surface area (Å²) in [7, 11) is 0. The highest BCUT2D eigenvalue weighted by Crippen LogP contribution is 2.21. The van der Waals surface area contributed by atoms with Gasteiger partial charge in [0.25, 0.3) is 0 Å². The number of amides is 4. The lowest BCUT2D eigenvalue weighted by Crippen LogP contribution is -2.61. The van der Waals surface area contributed by atoms with Gasteiger partial charge in [-0.2, -0.15) is 11.8 Å². The second-order valence-electron chi connectivity index (χ2n) is 12.4. The van der Waals surface area contributed by atoms with E-state index >= 15 is 0 Å². The molecule has 0 aromatic heterocycles. The third-order valence-electron chi connectivity index (χ3n) is 6.92. The first-order chi connectivity index (χ1) is 20.5. The van der Waals surface area contributed by atoms with Crippen molar-refractivity contribution in [1.82, 2.24) is 21.3 Å². The van der Waals surface area contributed by atoms with Gasteiger partial charge in [0.1, 0.15) is 24.4 Å². The third kappa shape index (κ3) is 13.5. The molecule has 0 radical (unpaired) electrons. The molecule has 0 fully saturated rings. The number of hydrogen-bond donors (Lipinski definition) is 6. The monoisotopic (exact) mass is 635 g/mol. The molecule has 7 N–H and O–H groups in total. The Labute approximate surface area is 264 Å². The molecule has 1 rings (SSSR count). The molecular formula is C31H49N5O7S. The quantitative estimate of drug-likeness (QED) is 0.129. The average Bonchev–Trinajstić information content (AvgIpc) is 2.93. The molecule has 1 aromatic carbocycles. The molecule has 12 nitrogen and oxygen atoms in total. The number of carbonyl (C=O) groups is 6. The first kappa shape index (κ1) is 38.6. The largest absolute Gasteiger partial charge is 0.481 e. The normalized spacial score (nSPS) is 14.8. The maximum Gasteiger partial charge on any atom is 0.303 e. The lowest BCUT2D eigenvalue weighted by Gasteiger charge is -2.33. The molecule has 0 spiro atoms. The van der Waals surface area contributed by atoms with E-state index in [2.05, 4.69) is 21.3 Å². The summed E-state index contributed by atoms with van der Waals surface area (Å²) in [5.74, 6) is -3.13. The molecule has 246 valence electrons. The van der Waals surface area contributed by atoms with E-state index in [9.17, 15) is 28.8 Å². The number of benzene rings is 1. The van der Waals surface area contributed by atoms with Gasteiger partial charge < -0.3 is 36.9 Å². The molecule has 13 heteroatoms. The van der Waals surface area contributed by atoms with Crippen LogP contribution in [0.5, 0.6) is 0 Å². The summed E-state index contributed by atoms with van der Waals surface area (Å²) in [5.41, 5.74) is 6.77. The highest BCUT2D eigenvalue weighted by atomic mass is 32.2. The van der Waals surface area contributed by atoms with Crippen LogP contribution in [0.3, 0.4) is 0 Å². The fraction of sp³-hybridized carbons (Fsp3) is 0.613. The Morgan fingerprint density at radius 1 is 0.932 bits per heavy atom. The van der Waals surface area contributed by atoms with E-state index in [1.54, 1.807) is 26.8 Å². The molecule has 0 aliphatic carbocycles. The number of carboxylic acids is 1. The van der Waals surface area contributed by atoms with Gasteiger partial charge in [-0.15, -0.1) is 0 Å². The smallest absolute Gasteiger partial charge is 0.303 e. The Morgan fingerprint density at radius 2 is 1.52 bits per heavy atom. The van der Waals surface area contributed by atoms with Gasteiger partial charge >= 0.3 is 5.97 Å². The molecule has 0 bridgehead atoms. The van der Waals surface area contributed by atoms with Crippen molar-refractivity contribution in [1.29, 1.82) is 0 Å². The topological polar surface area (TPSA) is 197 Å². The van der Waals surface area contributed by atoms with E-state index in [0.717, 1.165) is 11.1 Å². The predicted octanol–water partition coefficient (Wildman–Crippen LogP) is 1.32. The van der Waals surface area contributed by atoms with Gasteiger partial charge in [0.2, 0.25) is 23.6 Å². The number of carbonyl (C=O) groups excluding carboxylic acids is 5. The average molecular weight is 636 g/mol. The minimum atomic E-state index is -1.16. The number of nitrogens with one attached hydrogen (secondary N) is 4. The fourth-order valence-electron chi connectivity index (χ4n) is 4.41. The second kappa shape index (κ2) is 18.4. The summed E-state index contributed by atoms with van der Waals surface area (Å²) in [5, 5.41) is 19.8. The van der Waals surface area contributed by atoms with Crippen LogP contribution in [0, 0.1) is 18.3 Å². The van der Waals surface area contributed by atoms with Crippen molar-refractivity contribution in [2.24, 2.45) is 17.1 Å². The van der Waals surface area contributed by atoms with E-state index in [1.807, 2.05) is 45.2 Å². The highest BCUT2D eigenvalue weighted by molar-refractivity contribution is 7.98. The molecule has 1 aromatic rings. The zero-order chi connectivity index (χ0) is 33.6. The molecule has 44 heavy (non-hydrogen) atoms. The number of nitrogens with two attached hydrogens (primary N) is 1. The fourth-order valence-corrected chi connectivity index (χ4v) is 4.93. The Bertz CT molecular complexity index is 1150. The number of carboxylic acid groups (broad SMARTS) is 1. The Balaban J connectivity index is 3.27. The van der Waals surface area contributed by atoms with Crippen LogP contribution in [-0.2, 0) is 35.2 Å². The van der Waals surface area contributed by atoms with E-state index in [4.69, 9.17) is 10.8 Å². The zero-order valence-corrected chi connectivity index (χ0v) is 27.6. The molecule has 4 amide bonds. The van der Waals surface area contributed by atoms with Crippen molar-refractivity contribution >= 4 is 47.6 Å². The molecule has 0 aliphatic rings. The van der Waals surface area contributed by atoms with Crippen LogP contribution in [0.4, 0.5) is 0 Å². The van der Waals surface area contributed by atoms with Crippen LogP contribution >= 0.6 is 11.8 Å². The molecular weight excluding hydrogens is 586 g/mol. The SMILES string of the molecule is CSCC(C=O)NC(=O)[C@H](CC(C)C)NC(=O)[C@@H](NC(=O)[C@H](Cc1ccccc1C)NC(=O)[C@@H](N)CCC(=O)O)C(C)(C)C. The molecule has 1 unspecified atom stereocenters. The molecule has 0 saturated carbocycles. The molecule has 5 atom stereocenters.